The van der Waals surface area contributed by atoms with Gasteiger partial charge in [0.1, 0.15) is 11.8 Å². The summed E-state index contributed by atoms with van der Waals surface area (Å²) in [5.74, 6) is -0.121. The zero-order valence-corrected chi connectivity index (χ0v) is 11.7. The van der Waals surface area contributed by atoms with Crippen molar-refractivity contribution in [3.63, 3.8) is 0 Å². The molecule has 4 nitrogen and oxygen atoms in total. The second-order valence-corrected chi connectivity index (χ2v) is 5.41. The number of ketones is 1. The van der Waals surface area contributed by atoms with Crippen molar-refractivity contribution in [3.8, 4) is 0 Å². The van der Waals surface area contributed by atoms with E-state index < -0.39 is 6.10 Å². The maximum atomic E-state index is 12.4. The Morgan fingerprint density at radius 1 is 1.59 bits per heavy atom. The maximum absolute atomic E-state index is 12.4. The van der Waals surface area contributed by atoms with Crippen LogP contribution in [-0.4, -0.2) is 28.8 Å². The van der Waals surface area contributed by atoms with Crippen LogP contribution in [0.15, 0.2) is 6.20 Å². The van der Waals surface area contributed by atoms with Crippen molar-refractivity contribution in [1.82, 2.24) is 9.78 Å². The largest absolute Gasteiger partial charge is 0.373 e. The molecule has 0 spiro atoms. The van der Waals surface area contributed by atoms with E-state index in [1.54, 1.807) is 4.68 Å². The highest BCUT2D eigenvalue weighted by atomic mass is 35.5. The van der Waals surface area contributed by atoms with Crippen LogP contribution in [0.1, 0.15) is 38.2 Å². The number of rotatable bonds is 4. The van der Waals surface area contributed by atoms with E-state index in [4.69, 9.17) is 16.3 Å². The van der Waals surface area contributed by atoms with Crippen LogP contribution < -0.4 is 0 Å². The second-order valence-electron chi connectivity index (χ2n) is 5.00. The van der Waals surface area contributed by atoms with Crippen LogP contribution in [0, 0.1) is 5.41 Å². The summed E-state index contributed by atoms with van der Waals surface area (Å²) in [5, 5.41) is 4.44. The van der Waals surface area contributed by atoms with Gasteiger partial charge in [0.15, 0.2) is 0 Å². The highest BCUT2D eigenvalue weighted by Crippen LogP contribution is 2.27. The predicted molar refractivity (Wildman–Crippen MR) is 67.5 cm³/mol. The molecule has 0 aliphatic carbocycles. The topological polar surface area (TPSA) is 44.1 Å². The monoisotopic (exact) mass is 258 g/mol. The first-order valence-corrected chi connectivity index (χ1v) is 5.99. The normalized spacial score (nSPS) is 13.8. The molecule has 17 heavy (non-hydrogen) atoms. The molecule has 0 bridgehead atoms. The Morgan fingerprint density at radius 3 is 2.59 bits per heavy atom. The summed E-state index contributed by atoms with van der Waals surface area (Å²) >= 11 is 6.01. The molecular formula is C12H19ClN2O2. The lowest BCUT2D eigenvalue weighted by Crippen LogP contribution is -2.37. The van der Waals surface area contributed by atoms with Crippen LogP contribution in [0.25, 0.3) is 0 Å². The fourth-order valence-corrected chi connectivity index (χ4v) is 2.06. The molecule has 5 heteroatoms. The minimum absolute atomic E-state index is 0.121. The number of nitrogens with zero attached hydrogens (tertiary/aromatic N) is 2. The van der Waals surface area contributed by atoms with Crippen molar-refractivity contribution < 1.29 is 9.53 Å². The van der Waals surface area contributed by atoms with Crippen LogP contribution in [-0.2, 0) is 11.3 Å². The molecule has 0 saturated heterocycles. The SMILES string of the molecule is CCn1ncc(Cl)c1C(=O)C(OC)C(C)(C)C. The number of hydrogen-bond acceptors (Lipinski definition) is 3. The Balaban J connectivity index is 3.15. The average Bonchev–Trinajstić information content (AvgIpc) is 2.58. The van der Waals surface area contributed by atoms with Crippen LogP contribution >= 0.6 is 11.6 Å². The van der Waals surface area contributed by atoms with E-state index in [0.29, 0.717) is 17.3 Å². The Morgan fingerprint density at radius 2 is 2.18 bits per heavy atom. The van der Waals surface area contributed by atoms with Crippen molar-refractivity contribution in [1.29, 1.82) is 0 Å². The van der Waals surface area contributed by atoms with E-state index >= 15 is 0 Å². The molecule has 0 amide bonds. The quantitative estimate of drug-likeness (QED) is 0.780. The number of aromatic nitrogens is 2. The van der Waals surface area contributed by atoms with Crippen LogP contribution in [0.2, 0.25) is 5.02 Å². The van der Waals surface area contributed by atoms with Gasteiger partial charge in [-0.2, -0.15) is 5.10 Å². The van der Waals surface area contributed by atoms with Gasteiger partial charge in [-0.15, -0.1) is 0 Å². The minimum Gasteiger partial charge on any atom is -0.373 e. The fraction of sp³-hybridized carbons (Fsp3) is 0.667. The smallest absolute Gasteiger partial charge is 0.211 e. The lowest BCUT2D eigenvalue weighted by Gasteiger charge is -2.28. The van der Waals surface area contributed by atoms with Gasteiger partial charge in [-0.1, -0.05) is 32.4 Å². The van der Waals surface area contributed by atoms with E-state index in [1.165, 1.54) is 13.3 Å². The molecule has 0 aliphatic rings. The third kappa shape index (κ3) is 2.87. The highest BCUT2D eigenvalue weighted by Gasteiger charge is 2.34. The molecular weight excluding hydrogens is 240 g/mol. The van der Waals surface area contributed by atoms with Gasteiger partial charge in [0.25, 0.3) is 0 Å². The highest BCUT2D eigenvalue weighted by molar-refractivity contribution is 6.33. The Bertz CT molecular complexity index is 407. The van der Waals surface area contributed by atoms with Crippen molar-refractivity contribution in [3.05, 3.63) is 16.9 Å². The summed E-state index contributed by atoms with van der Waals surface area (Å²) in [6.45, 7) is 8.40. The zero-order valence-electron chi connectivity index (χ0n) is 11.0. The third-order valence-electron chi connectivity index (χ3n) is 2.59. The standard InChI is InChI=1S/C12H19ClN2O2/c1-6-15-9(8(13)7-14-15)10(16)11(17-5)12(2,3)4/h7,11H,6H2,1-5H3. The average molecular weight is 259 g/mol. The number of Topliss-reactive ketones (excluding diaryl/α,β-unsaturated/α-hetero) is 1. The van der Waals surface area contributed by atoms with E-state index in [2.05, 4.69) is 5.10 Å². The van der Waals surface area contributed by atoms with Gasteiger partial charge >= 0.3 is 0 Å². The van der Waals surface area contributed by atoms with Gasteiger partial charge in [-0.05, 0) is 12.3 Å². The fourth-order valence-electron chi connectivity index (χ4n) is 1.83. The van der Waals surface area contributed by atoms with Crippen molar-refractivity contribution in [2.75, 3.05) is 7.11 Å². The van der Waals surface area contributed by atoms with E-state index in [0.717, 1.165) is 0 Å². The Labute approximate surface area is 107 Å². The summed E-state index contributed by atoms with van der Waals surface area (Å²) in [6, 6.07) is 0. The van der Waals surface area contributed by atoms with Gasteiger partial charge in [-0.3, -0.25) is 9.48 Å². The molecule has 1 atom stereocenters. The molecule has 0 radical (unpaired) electrons. The van der Waals surface area contributed by atoms with Gasteiger partial charge < -0.3 is 4.74 Å². The molecule has 1 heterocycles. The van der Waals surface area contributed by atoms with Crippen LogP contribution in [0.4, 0.5) is 0 Å². The first-order chi connectivity index (χ1) is 7.82. The number of halogens is 1. The van der Waals surface area contributed by atoms with Crippen molar-refractivity contribution >= 4 is 17.4 Å². The molecule has 0 N–H and O–H groups in total. The Kier molecular flexibility index (Phi) is 4.33. The molecule has 1 rings (SSSR count). The van der Waals surface area contributed by atoms with Gasteiger partial charge in [0, 0.05) is 13.7 Å². The molecule has 1 aromatic rings. The number of hydrogen-bond donors (Lipinski definition) is 0. The van der Waals surface area contributed by atoms with Crippen molar-refractivity contribution in [2.45, 2.75) is 40.3 Å². The van der Waals surface area contributed by atoms with Gasteiger partial charge in [0.05, 0.1) is 11.2 Å². The number of carbonyl (C=O) groups excluding carboxylic acids is 1. The van der Waals surface area contributed by atoms with E-state index in [-0.39, 0.29) is 11.2 Å². The molecule has 0 aliphatic heterocycles. The first kappa shape index (κ1) is 14.2. The van der Waals surface area contributed by atoms with Crippen LogP contribution in [0.3, 0.4) is 0 Å². The summed E-state index contributed by atoms with van der Waals surface area (Å²) in [6.07, 6.45) is 0.968. The molecule has 96 valence electrons. The van der Waals surface area contributed by atoms with Crippen molar-refractivity contribution in [2.24, 2.45) is 5.41 Å². The maximum Gasteiger partial charge on any atom is 0.211 e. The van der Waals surface area contributed by atoms with E-state index in [9.17, 15) is 4.79 Å². The number of ether oxygens (including phenoxy) is 1. The molecule has 1 aromatic heterocycles. The Hall–Kier alpha value is -0.870. The number of aryl methyl sites for hydroxylation is 1. The molecule has 0 saturated carbocycles. The number of methoxy groups -OCH3 is 1. The van der Waals surface area contributed by atoms with Gasteiger partial charge in [-0.25, -0.2) is 0 Å². The minimum atomic E-state index is -0.526. The second kappa shape index (κ2) is 5.19. The third-order valence-corrected chi connectivity index (χ3v) is 2.86. The molecule has 0 aromatic carbocycles. The summed E-state index contributed by atoms with van der Waals surface area (Å²) in [7, 11) is 1.54. The summed E-state index contributed by atoms with van der Waals surface area (Å²) < 4.78 is 6.91. The summed E-state index contributed by atoms with van der Waals surface area (Å²) in [5.41, 5.74) is 0.147. The summed E-state index contributed by atoms with van der Waals surface area (Å²) in [4.78, 5) is 12.4. The lowest BCUT2D eigenvalue weighted by atomic mass is 9.85. The lowest BCUT2D eigenvalue weighted by molar-refractivity contribution is 0.0187. The molecule has 0 fully saturated rings. The predicted octanol–water partition coefficient (Wildman–Crippen LogP) is 2.80. The van der Waals surface area contributed by atoms with Crippen LogP contribution in [0.5, 0.6) is 0 Å². The van der Waals surface area contributed by atoms with E-state index in [1.807, 2.05) is 27.7 Å². The number of carbonyl (C=O) groups is 1. The van der Waals surface area contributed by atoms with Gasteiger partial charge in [0.2, 0.25) is 5.78 Å². The molecule has 1 unspecified atom stereocenters. The zero-order chi connectivity index (χ0) is 13.2. The first-order valence-electron chi connectivity index (χ1n) is 5.61.